The Kier molecular flexibility index (Phi) is 7.70. The molecular formula is C23H29N6O6P. The number of aliphatic hydroxyl groups is 1. The van der Waals surface area contributed by atoms with Crippen LogP contribution in [-0.2, 0) is 18.6 Å². The quantitative estimate of drug-likeness (QED) is 0.195. The first kappa shape index (κ1) is 25.8. The molecule has 1 aliphatic carbocycles. The third kappa shape index (κ3) is 5.41. The molecule has 0 radical (unpaired) electrons. The molecule has 192 valence electrons. The number of nitrogens with one attached hydrogen (secondary N) is 1. The van der Waals surface area contributed by atoms with Gasteiger partial charge in [-0.15, -0.1) is 0 Å². The predicted octanol–water partition coefficient (Wildman–Crippen LogP) is 2.49. The summed E-state index contributed by atoms with van der Waals surface area (Å²) in [7, 11) is -3.99. The zero-order chi connectivity index (χ0) is 25.9. The van der Waals surface area contributed by atoms with Crippen molar-refractivity contribution in [3.63, 3.8) is 0 Å². The van der Waals surface area contributed by atoms with E-state index in [0.717, 1.165) is 5.57 Å². The van der Waals surface area contributed by atoms with Crippen molar-refractivity contribution in [2.45, 2.75) is 26.0 Å². The number of rotatable bonds is 11. The SMILES string of the molecule is C=C1[C@@H](n2cnc3c(N)ncnc32)[C@H](CO)[C@H]1COP(=O)(NCC(=O)OC(C)C)Oc1ccccc1. The van der Waals surface area contributed by atoms with E-state index in [9.17, 15) is 14.5 Å². The second kappa shape index (κ2) is 10.8. The highest BCUT2D eigenvalue weighted by molar-refractivity contribution is 7.52. The summed E-state index contributed by atoms with van der Waals surface area (Å²) in [6, 6.07) is 8.16. The number of hydrogen-bond donors (Lipinski definition) is 3. The van der Waals surface area contributed by atoms with E-state index in [1.807, 2.05) is 0 Å². The monoisotopic (exact) mass is 516 g/mol. The van der Waals surface area contributed by atoms with Crippen molar-refractivity contribution in [3.05, 3.63) is 55.1 Å². The Labute approximate surface area is 208 Å². The van der Waals surface area contributed by atoms with Gasteiger partial charge in [-0.1, -0.05) is 24.8 Å². The lowest BCUT2D eigenvalue weighted by Crippen LogP contribution is -2.45. The number of carbonyl (C=O) groups excluding carboxylic acids is 1. The van der Waals surface area contributed by atoms with E-state index in [-0.39, 0.29) is 49.6 Å². The fraction of sp³-hybridized carbons (Fsp3) is 0.391. The summed E-state index contributed by atoms with van der Waals surface area (Å²) in [4.78, 5) is 24.5. The maximum Gasteiger partial charge on any atom is 0.459 e. The number of carbonyl (C=O) groups is 1. The van der Waals surface area contributed by atoms with Gasteiger partial charge in [0.25, 0.3) is 0 Å². The molecule has 0 amide bonds. The molecular weight excluding hydrogens is 487 g/mol. The van der Waals surface area contributed by atoms with Crippen LogP contribution in [0.3, 0.4) is 0 Å². The lowest BCUT2D eigenvalue weighted by molar-refractivity contribution is -0.145. The highest BCUT2D eigenvalue weighted by atomic mass is 31.2. The van der Waals surface area contributed by atoms with Crippen molar-refractivity contribution >= 4 is 30.7 Å². The van der Waals surface area contributed by atoms with E-state index in [2.05, 4.69) is 26.6 Å². The summed E-state index contributed by atoms with van der Waals surface area (Å²) in [6.45, 7) is 6.96. The Balaban J connectivity index is 1.48. The number of benzene rings is 1. The second-order valence-electron chi connectivity index (χ2n) is 8.63. The Morgan fingerprint density at radius 2 is 2.03 bits per heavy atom. The third-order valence-electron chi connectivity index (χ3n) is 5.85. The van der Waals surface area contributed by atoms with Crippen LogP contribution in [0.4, 0.5) is 5.82 Å². The zero-order valence-corrected chi connectivity index (χ0v) is 20.9. The summed E-state index contributed by atoms with van der Waals surface area (Å²) in [6.07, 6.45) is 2.60. The lowest BCUT2D eigenvalue weighted by atomic mass is 9.66. The van der Waals surface area contributed by atoms with Crippen LogP contribution in [0.5, 0.6) is 5.75 Å². The maximum absolute atomic E-state index is 13.5. The van der Waals surface area contributed by atoms with Crippen molar-refractivity contribution in [2.24, 2.45) is 11.8 Å². The lowest BCUT2D eigenvalue weighted by Gasteiger charge is -2.46. The smallest absolute Gasteiger partial charge is 0.459 e. The number of hydrogen-bond acceptors (Lipinski definition) is 10. The molecule has 1 saturated carbocycles. The van der Waals surface area contributed by atoms with E-state index < -0.39 is 13.7 Å². The molecule has 0 bridgehead atoms. The van der Waals surface area contributed by atoms with Gasteiger partial charge in [0.2, 0.25) is 0 Å². The van der Waals surface area contributed by atoms with Gasteiger partial charge in [0, 0.05) is 18.4 Å². The second-order valence-corrected chi connectivity index (χ2v) is 10.4. The predicted molar refractivity (Wildman–Crippen MR) is 132 cm³/mol. The third-order valence-corrected chi connectivity index (χ3v) is 7.34. The van der Waals surface area contributed by atoms with E-state index >= 15 is 0 Å². The Morgan fingerprint density at radius 3 is 2.72 bits per heavy atom. The normalized spacial score (nSPS) is 21.2. The molecule has 13 heteroatoms. The van der Waals surface area contributed by atoms with Crippen LogP contribution in [0, 0.1) is 11.8 Å². The number of fused-ring (bicyclic) bond motifs is 1. The van der Waals surface area contributed by atoms with Crippen LogP contribution < -0.4 is 15.3 Å². The van der Waals surface area contributed by atoms with Crippen LogP contribution in [0.2, 0.25) is 0 Å². The molecule has 1 aliphatic rings. The van der Waals surface area contributed by atoms with Gasteiger partial charge in [0.15, 0.2) is 11.5 Å². The zero-order valence-electron chi connectivity index (χ0n) is 20.0. The fourth-order valence-electron chi connectivity index (χ4n) is 4.16. The van der Waals surface area contributed by atoms with Gasteiger partial charge >= 0.3 is 13.7 Å². The summed E-state index contributed by atoms with van der Waals surface area (Å²) in [5.74, 6) is -0.696. The first-order valence-electron chi connectivity index (χ1n) is 11.4. The Morgan fingerprint density at radius 1 is 1.28 bits per heavy atom. The summed E-state index contributed by atoms with van der Waals surface area (Å²) in [5.41, 5.74) is 7.60. The molecule has 1 aromatic carbocycles. The van der Waals surface area contributed by atoms with Crippen molar-refractivity contribution in [1.29, 1.82) is 0 Å². The van der Waals surface area contributed by atoms with Crippen LogP contribution in [-0.4, -0.2) is 56.5 Å². The highest BCUT2D eigenvalue weighted by Gasteiger charge is 2.47. The summed E-state index contributed by atoms with van der Waals surface area (Å²) < 4.78 is 31.8. The number of anilines is 1. The topological polar surface area (TPSA) is 164 Å². The standard InChI is InChI=1S/C23H29N6O6P/c1-14(2)34-19(31)9-28-36(32,35-16-7-5-4-6-8-16)33-11-18-15(3)21(17(18)10-30)29-13-27-20-22(24)25-12-26-23(20)29/h4-8,12-14,17-18,21,30H,3,9-11H2,1-2H3,(H,28,32)(H2,24,25,26)/t17-,18+,21-,36?/m1/s1. The van der Waals surface area contributed by atoms with E-state index in [4.69, 9.17) is 19.5 Å². The van der Waals surface area contributed by atoms with Gasteiger partial charge in [-0.05, 0) is 31.6 Å². The molecule has 4 rings (SSSR count). The number of nitrogens with two attached hydrogens (primary N) is 1. The molecule has 36 heavy (non-hydrogen) atoms. The van der Waals surface area contributed by atoms with Crippen LogP contribution in [0.25, 0.3) is 11.2 Å². The molecule has 2 aromatic heterocycles. The number of esters is 1. The van der Waals surface area contributed by atoms with Crippen molar-refractivity contribution in [2.75, 3.05) is 25.5 Å². The average molecular weight is 516 g/mol. The molecule has 1 unspecified atom stereocenters. The van der Waals surface area contributed by atoms with Gasteiger partial charge in [-0.3, -0.25) is 9.32 Å². The minimum atomic E-state index is -3.99. The van der Waals surface area contributed by atoms with Gasteiger partial charge in [0.1, 0.15) is 24.1 Å². The largest absolute Gasteiger partial charge is 0.462 e. The molecule has 4 N–H and O–H groups in total. The molecule has 2 heterocycles. The first-order valence-corrected chi connectivity index (χ1v) is 12.9. The minimum absolute atomic E-state index is 0.0688. The highest BCUT2D eigenvalue weighted by Crippen LogP contribution is 2.52. The number of aromatic nitrogens is 4. The van der Waals surface area contributed by atoms with Crippen molar-refractivity contribution < 1.29 is 28.3 Å². The van der Waals surface area contributed by atoms with E-state index in [1.165, 1.54) is 6.33 Å². The number of nitrogens with zero attached hydrogens (tertiary/aromatic N) is 4. The Hall–Kier alpha value is -3.31. The van der Waals surface area contributed by atoms with Gasteiger partial charge in [-0.2, -0.15) is 0 Å². The summed E-state index contributed by atoms with van der Waals surface area (Å²) >= 11 is 0. The minimum Gasteiger partial charge on any atom is -0.462 e. The number of imidazole rings is 1. The van der Waals surface area contributed by atoms with Crippen molar-refractivity contribution in [3.8, 4) is 5.75 Å². The fourth-order valence-corrected chi connectivity index (χ4v) is 5.44. The molecule has 3 aromatic rings. The number of nitrogen functional groups attached to an aromatic ring is 1. The molecule has 0 spiro atoms. The van der Waals surface area contributed by atoms with Gasteiger partial charge < -0.3 is 24.7 Å². The maximum atomic E-state index is 13.5. The molecule has 0 saturated heterocycles. The number of para-hydroxylation sites is 1. The molecule has 0 aliphatic heterocycles. The molecule has 1 fully saturated rings. The van der Waals surface area contributed by atoms with Crippen LogP contribution in [0.1, 0.15) is 19.9 Å². The van der Waals surface area contributed by atoms with Crippen molar-refractivity contribution in [1.82, 2.24) is 24.6 Å². The van der Waals surface area contributed by atoms with Gasteiger partial charge in [-0.25, -0.2) is 24.6 Å². The first-order chi connectivity index (χ1) is 17.2. The number of ether oxygens (including phenoxy) is 1. The van der Waals surface area contributed by atoms with E-state index in [1.54, 1.807) is 55.1 Å². The summed E-state index contributed by atoms with van der Waals surface area (Å²) in [5, 5.41) is 12.7. The van der Waals surface area contributed by atoms with Gasteiger partial charge in [0.05, 0.1) is 25.1 Å². The van der Waals surface area contributed by atoms with Crippen LogP contribution >= 0.6 is 7.75 Å². The molecule has 12 nitrogen and oxygen atoms in total. The molecule has 4 atom stereocenters. The van der Waals surface area contributed by atoms with Crippen LogP contribution in [0.15, 0.2) is 55.1 Å². The number of aliphatic hydroxyl groups excluding tert-OH is 1. The average Bonchev–Trinajstić information content (AvgIpc) is 3.26. The Bertz CT molecular complexity index is 1280. The van der Waals surface area contributed by atoms with E-state index in [0.29, 0.717) is 16.9 Å².